The fraction of sp³-hybridized carbons (Fsp3) is 0.455. The van der Waals surface area contributed by atoms with Crippen LogP contribution in [-0.2, 0) is 4.74 Å². The summed E-state index contributed by atoms with van der Waals surface area (Å²) in [4.78, 5) is 10.9. The van der Waals surface area contributed by atoms with Crippen LogP contribution in [0.2, 0.25) is 0 Å². The molecule has 1 aromatic carbocycles. The number of fused-ring (bicyclic) bond motifs is 4. The number of allylic oxidation sites excluding steroid dienone is 1. The minimum Gasteiger partial charge on any atom is -0.378 e. The molecule has 0 amide bonds. The molecule has 150 valence electrons. The van der Waals surface area contributed by atoms with E-state index in [1.807, 2.05) is 6.20 Å². The van der Waals surface area contributed by atoms with Gasteiger partial charge in [0.25, 0.3) is 0 Å². The standard InChI is InChI=1S/C22H26N6O/c1-13-16(12-23-27-13)20-15-5-3-2-4-14(15)19-17(24-20)6-7-18-21(19)26-22(25-18)28-8-10-29-11-9-28/h6-7,12,20,24H,2-5,8-11H2,1H3,(H,23,27)(H,25,26). The van der Waals surface area contributed by atoms with Gasteiger partial charge in [-0.15, -0.1) is 0 Å². The molecule has 1 fully saturated rings. The Kier molecular flexibility index (Phi) is 3.90. The Labute approximate surface area is 169 Å². The fourth-order valence-electron chi connectivity index (χ4n) is 5.11. The summed E-state index contributed by atoms with van der Waals surface area (Å²) in [5.74, 6) is 0.961. The van der Waals surface area contributed by atoms with Gasteiger partial charge in [0.05, 0.1) is 31.0 Å². The topological polar surface area (TPSA) is 81.9 Å². The zero-order chi connectivity index (χ0) is 19.4. The van der Waals surface area contributed by atoms with E-state index in [2.05, 4.69) is 44.5 Å². The molecular weight excluding hydrogens is 364 g/mol. The van der Waals surface area contributed by atoms with E-state index in [0.717, 1.165) is 61.8 Å². The highest BCUT2D eigenvalue weighted by Gasteiger charge is 2.32. The Hall–Kier alpha value is -2.80. The van der Waals surface area contributed by atoms with Crippen LogP contribution >= 0.6 is 0 Å². The molecule has 1 saturated heterocycles. The van der Waals surface area contributed by atoms with Crippen LogP contribution in [0.1, 0.15) is 48.5 Å². The molecule has 7 heteroatoms. The van der Waals surface area contributed by atoms with Crippen molar-refractivity contribution in [3.05, 3.63) is 40.7 Å². The van der Waals surface area contributed by atoms with Gasteiger partial charge in [-0.1, -0.05) is 0 Å². The lowest BCUT2D eigenvalue weighted by molar-refractivity contribution is 0.122. The third-order valence-electron chi connectivity index (χ3n) is 6.59. The van der Waals surface area contributed by atoms with Crippen LogP contribution in [0.4, 0.5) is 11.6 Å². The fourth-order valence-corrected chi connectivity index (χ4v) is 5.11. The van der Waals surface area contributed by atoms with Crippen molar-refractivity contribution >= 4 is 28.2 Å². The van der Waals surface area contributed by atoms with Crippen LogP contribution in [-0.4, -0.2) is 46.5 Å². The number of aryl methyl sites for hydroxylation is 1. The number of benzene rings is 1. The van der Waals surface area contributed by atoms with Crippen molar-refractivity contribution in [2.75, 3.05) is 36.5 Å². The second-order valence-electron chi connectivity index (χ2n) is 8.28. The van der Waals surface area contributed by atoms with E-state index in [1.54, 1.807) is 0 Å². The van der Waals surface area contributed by atoms with Crippen molar-refractivity contribution in [1.29, 1.82) is 0 Å². The lowest BCUT2D eigenvalue weighted by atomic mass is 9.78. The third kappa shape index (κ3) is 2.68. The van der Waals surface area contributed by atoms with E-state index < -0.39 is 0 Å². The van der Waals surface area contributed by atoms with E-state index in [0.29, 0.717) is 0 Å². The average Bonchev–Trinajstić information content (AvgIpc) is 3.39. The first-order chi connectivity index (χ1) is 14.3. The molecule has 3 N–H and O–H groups in total. The predicted octanol–water partition coefficient (Wildman–Crippen LogP) is 3.93. The minimum absolute atomic E-state index is 0.201. The number of hydrogen-bond acceptors (Lipinski definition) is 5. The lowest BCUT2D eigenvalue weighted by Gasteiger charge is -2.35. The number of aromatic nitrogens is 4. The van der Waals surface area contributed by atoms with E-state index in [-0.39, 0.29) is 6.04 Å². The van der Waals surface area contributed by atoms with Crippen LogP contribution in [0.5, 0.6) is 0 Å². The quantitative estimate of drug-likeness (QED) is 0.618. The summed E-state index contributed by atoms with van der Waals surface area (Å²) >= 11 is 0. The summed E-state index contributed by atoms with van der Waals surface area (Å²) in [6, 6.07) is 4.57. The van der Waals surface area contributed by atoms with Crippen LogP contribution in [0.25, 0.3) is 16.6 Å². The van der Waals surface area contributed by atoms with Crippen LogP contribution in [0.3, 0.4) is 0 Å². The lowest BCUT2D eigenvalue weighted by Crippen LogP contribution is -2.36. The number of morpholine rings is 1. The number of ether oxygens (including phenoxy) is 1. The summed E-state index contributed by atoms with van der Waals surface area (Å²) < 4.78 is 5.50. The number of imidazole rings is 1. The summed E-state index contributed by atoms with van der Waals surface area (Å²) in [6.07, 6.45) is 6.72. The number of H-pyrrole nitrogens is 2. The van der Waals surface area contributed by atoms with Crippen molar-refractivity contribution in [2.45, 2.75) is 38.6 Å². The summed E-state index contributed by atoms with van der Waals surface area (Å²) in [5.41, 5.74) is 10.1. The second kappa shape index (κ2) is 6.62. The van der Waals surface area contributed by atoms with Gasteiger partial charge < -0.3 is 19.9 Å². The Balaban J connectivity index is 1.50. The van der Waals surface area contributed by atoms with E-state index >= 15 is 0 Å². The molecule has 3 aliphatic rings. The normalized spacial score (nSPS) is 21.8. The first kappa shape index (κ1) is 17.1. The zero-order valence-electron chi connectivity index (χ0n) is 16.7. The minimum atomic E-state index is 0.201. The SMILES string of the molecule is Cc1[nH]ncc1C1Nc2ccc3[nH]c(N4CCOCC4)nc3c2C2=C1CCCC2. The third-order valence-corrected chi connectivity index (χ3v) is 6.59. The van der Waals surface area contributed by atoms with Gasteiger partial charge in [-0.25, -0.2) is 4.98 Å². The summed E-state index contributed by atoms with van der Waals surface area (Å²) in [7, 11) is 0. The molecule has 1 aliphatic carbocycles. The Morgan fingerprint density at radius 1 is 1.14 bits per heavy atom. The van der Waals surface area contributed by atoms with Crippen LogP contribution in [0, 0.1) is 6.92 Å². The van der Waals surface area contributed by atoms with Gasteiger partial charge in [-0.3, -0.25) is 5.10 Å². The largest absolute Gasteiger partial charge is 0.378 e. The number of rotatable bonds is 2. The highest BCUT2D eigenvalue weighted by molar-refractivity contribution is 5.99. The maximum Gasteiger partial charge on any atom is 0.204 e. The molecule has 0 saturated carbocycles. The van der Waals surface area contributed by atoms with Crippen molar-refractivity contribution in [1.82, 2.24) is 20.2 Å². The van der Waals surface area contributed by atoms with Gasteiger partial charge in [0.2, 0.25) is 5.95 Å². The number of nitrogens with zero attached hydrogens (tertiary/aromatic N) is 3. The maximum absolute atomic E-state index is 5.50. The first-order valence-electron chi connectivity index (χ1n) is 10.6. The van der Waals surface area contributed by atoms with Gasteiger partial charge >= 0.3 is 0 Å². The highest BCUT2D eigenvalue weighted by Crippen LogP contribution is 2.49. The monoisotopic (exact) mass is 390 g/mol. The molecule has 4 heterocycles. The number of anilines is 2. The van der Waals surface area contributed by atoms with Crippen molar-refractivity contribution in [2.24, 2.45) is 0 Å². The molecule has 29 heavy (non-hydrogen) atoms. The molecule has 1 atom stereocenters. The van der Waals surface area contributed by atoms with Crippen molar-refractivity contribution in [3.8, 4) is 0 Å². The van der Waals surface area contributed by atoms with Gasteiger partial charge in [0.1, 0.15) is 5.52 Å². The summed E-state index contributed by atoms with van der Waals surface area (Å²) in [6.45, 7) is 5.40. The molecule has 0 radical (unpaired) electrons. The molecule has 2 aliphatic heterocycles. The Morgan fingerprint density at radius 3 is 2.83 bits per heavy atom. The van der Waals surface area contributed by atoms with Gasteiger partial charge in [-0.2, -0.15) is 5.10 Å². The zero-order valence-corrected chi connectivity index (χ0v) is 16.7. The first-order valence-corrected chi connectivity index (χ1v) is 10.6. The van der Waals surface area contributed by atoms with Crippen molar-refractivity contribution in [3.63, 3.8) is 0 Å². The van der Waals surface area contributed by atoms with E-state index in [4.69, 9.17) is 9.72 Å². The number of hydrogen-bond donors (Lipinski definition) is 3. The molecule has 6 rings (SSSR count). The molecule has 1 unspecified atom stereocenters. The van der Waals surface area contributed by atoms with Crippen molar-refractivity contribution < 1.29 is 4.74 Å². The average molecular weight is 390 g/mol. The number of aromatic amines is 2. The second-order valence-corrected chi connectivity index (χ2v) is 8.28. The smallest absolute Gasteiger partial charge is 0.204 e. The van der Waals surface area contributed by atoms with Crippen LogP contribution < -0.4 is 10.2 Å². The summed E-state index contributed by atoms with van der Waals surface area (Å²) in [5, 5.41) is 11.2. The van der Waals surface area contributed by atoms with Gasteiger partial charge in [-0.05, 0) is 55.9 Å². The Morgan fingerprint density at radius 2 is 2.00 bits per heavy atom. The Bertz CT molecular complexity index is 1100. The maximum atomic E-state index is 5.50. The molecule has 0 bridgehead atoms. The van der Waals surface area contributed by atoms with E-state index in [1.165, 1.54) is 40.8 Å². The molecule has 0 spiro atoms. The molecule has 3 aromatic rings. The molecular formula is C22H26N6O. The molecule has 7 nitrogen and oxygen atoms in total. The number of nitrogens with one attached hydrogen (secondary N) is 3. The van der Waals surface area contributed by atoms with Crippen LogP contribution in [0.15, 0.2) is 23.9 Å². The molecule has 2 aromatic heterocycles. The van der Waals surface area contributed by atoms with Gasteiger partial charge in [0, 0.05) is 35.6 Å². The predicted molar refractivity (Wildman–Crippen MR) is 114 cm³/mol. The highest BCUT2D eigenvalue weighted by atomic mass is 16.5. The van der Waals surface area contributed by atoms with Gasteiger partial charge in [0.15, 0.2) is 0 Å². The van der Waals surface area contributed by atoms with E-state index in [9.17, 15) is 0 Å².